The van der Waals surface area contributed by atoms with E-state index in [9.17, 15) is 0 Å². The Bertz CT molecular complexity index is 283. The number of aromatic nitrogens is 1. The maximum atomic E-state index is 4.27. The lowest BCUT2D eigenvalue weighted by atomic mass is 10.1. The average molecular weight is 235 g/mol. The van der Waals surface area contributed by atoms with Gasteiger partial charge in [-0.05, 0) is 51.5 Å². The minimum Gasteiger partial charge on any atom is -0.368 e. The second kappa shape index (κ2) is 8.07. The van der Waals surface area contributed by atoms with Crippen molar-refractivity contribution < 1.29 is 0 Å². The highest BCUT2D eigenvalue weighted by Gasteiger charge is 2.04. The van der Waals surface area contributed by atoms with E-state index in [1.807, 2.05) is 24.4 Å². The molecule has 0 aliphatic heterocycles. The lowest BCUT2D eigenvalue weighted by Gasteiger charge is -2.20. The van der Waals surface area contributed by atoms with Gasteiger partial charge in [-0.2, -0.15) is 0 Å². The lowest BCUT2D eigenvalue weighted by molar-refractivity contribution is 0.295. The number of nitrogens with one attached hydrogen (secondary N) is 1. The molecular formula is C14H25N3. The van der Waals surface area contributed by atoms with Crippen molar-refractivity contribution in [2.45, 2.75) is 39.7 Å². The van der Waals surface area contributed by atoms with E-state index in [2.05, 4.69) is 36.0 Å². The van der Waals surface area contributed by atoms with Crippen LogP contribution in [0, 0.1) is 0 Å². The second-order valence-electron chi connectivity index (χ2n) is 4.43. The summed E-state index contributed by atoms with van der Waals surface area (Å²) >= 11 is 0. The number of anilines is 1. The van der Waals surface area contributed by atoms with E-state index in [4.69, 9.17) is 0 Å². The van der Waals surface area contributed by atoms with Gasteiger partial charge in [-0.3, -0.25) is 0 Å². The topological polar surface area (TPSA) is 28.2 Å². The van der Waals surface area contributed by atoms with Gasteiger partial charge in [0, 0.05) is 12.2 Å². The van der Waals surface area contributed by atoms with E-state index in [0.717, 1.165) is 18.9 Å². The van der Waals surface area contributed by atoms with Gasteiger partial charge in [0.15, 0.2) is 0 Å². The van der Waals surface area contributed by atoms with Gasteiger partial charge in [0.2, 0.25) is 0 Å². The van der Waals surface area contributed by atoms with Gasteiger partial charge in [0.05, 0.1) is 0 Å². The van der Waals surface area contributed by atoms with Crippen molar-refractivity contribution in [3.8, 4) is 0 Å². The fourth-order valence-corrected chi connectivity index (χ4v) is 1.93. The number of hydrogen-bond acceptors (Lipinski definition) is 3. The van der Waals surface area contributed by atoms with Crippen molar-refractivity contribution >= 4 is 5.82 Å². The van der Waals surface area contributed by atoms with Gasteiger partial charge in [0.25, 0.3) is 0 Å². The van der Waals surface area contributed by atoms with Gasteiger partial charge in [-0.25, -0.2) is 4.98 Å². The molecule has 0 bridgehead atoms. The molecule has 0 radical (unpaired) electrons. The summed E-state index contributed by atoms with van der Waals surface area (Å²) in [4.78, 5) is 6.74. The molecule has 1 N–H and O–H groups in total. The summed E-state index contributed by atoms with van der Waals surface area (Å²) in [5.41, 5.74) is 0. The molecule has 0 saturated heterocycles. The maximum absolute atomic E-state index is 4.27. The van der Waals surface area contributed by atoms with Crippen LogP contribution < -0.4 is 5.32 Å². The third-order valence-corrected chi connectivity index (χ3v) is 3.07. The van der Waals surface area contributed by atoms with Crippen LogP contribution in [-0.4, -0.2) is 35.6 Å². The molecule has 0 aliphatic rings. The Kier molecular flexibility index (Phi) is 6.63. The molecule has 0 aromatic carbocycles. The third-order valence-electron chi connectivity index (χ3n) is 3.07. The zero-order valence-electron chi connectivity index (χ0n) is 11.3. The summed E-state index contributed by atoms with van der Waals surface area (Å²) in [6.45, 7) is 10.2. The fraction of sp³-hybridized carbons (Fsp3) is 0.643. The van der Waals surface area contributed by atoms with Gasteiger partial charge < -0.3 is 10.2 Å². The van der Waals surface area contributed by atoms with Gasteiger partial charge in [-0.1, -0.05) is 19.9 Å². The van der Waals surface area contributed by atoms with Crippen LogP contribution in [0.5, 0.6) is 0 Å². The first-order chi connectivity index (χ1) is 8.26. The second-order valence-corrected chi connectivity index (χ2v) is 4.43. The van der Waals surface area contributed by atoms with E-state index in [1.54, 1.807) is 0 Å². The van der Waals surface area contributed by atoms with Crippen LogP contribution in [0.3, 0.4) is 0 Å². The van der Waals surface area contributed by atoms with Gasteiger partial charge >= 0.3 is 0 Å². The molecule has 0 saturated carbocycles. The highest BCUT2D eigenvalue weighted by Crippen LogP contribution is 2.07. The standard InChI is InChI=1S/C14H25N3/c1-4-17(5-2)12-8-9-13(3)16-14-10-6-7-11-15-14/h6-7,10-11,13H,4-5,8-9,12H2,1-3H3,(H,15,16)/t13-/m0/s1. The van der Waals surface area contributed by atoms with E-state index >= 15 is 0 Å². The van der Waals surface area contributed by atoms with Crippen molar-refractivity contribution in [3.05, 3.63) is 24.4 Å². The lowest BCUT2D eigenvalue weighted by Crippen LogP contribution is -2.25. The molecular weight excluding hydrogens is 210 g/mol. The maximum Gasteiger partial charge on any atom is 0.126 e. The smallest absolute Gasteiger partial charge is 0.126 e. The molecule has 1 aromatic heterocycles. The minimum atomic E-state index is 0.487. The summed E-state index contributed by atoms with van der Waals surface area (Å²) in [5, 5.41) is 3.42. The molecule has 96 valence electrons. The Morgan fingerprint density at radius 2 is 2.06 bits per heavy atom. The van der Waals surface area contributed by atoms with Crippen molar-refractivity contribution in [3.63, 3.8) is 0 Å². The van der Waals surface area contributed by atoms with Gasteiger partial charge in [0.1, 0.15) is 5.82 Å². The Morgan fingerprint density at radius 1 is 1.29 bits per heavy atom. The largest absolute Gasteiger partial charge is 0.368 e. The molecule has 3 heteroatoms. The van der Waals surface area contributed by atoms with Crippen LogP contribution in [0.15, 0.2) is 24.4 Å². The Balaban J connectivity index is 2.19. The van der Waals surface area contributed by atoms with Crippen molar-refractivity contribution in [2.24, 2.45) is 0 Å². The summed E-state index contributed by atoms with van der Waals surface area (Å²) in [5.74, 6) is 0.975. The average Bonchev–Trinajstić information content (AvgIpc) is 2.36. The van der Waals surface area contributed by atoms with E-state index in [0.29, 0.717) is 6.04 Å². The quantitative estimate of drug-likeness (QED) is 0.751. The molecule has 1 rings (SSSR count). The van der Waals surface area contributed by atoms with Crippen molar-refractivity contribution in [1.82, 2.24) is 9.88 Å². The van der Waals surface area contributed by atoms with Crippen LogP contribution in [-0.2, 0) is 0 Å². The summed E-state index contributed by atoms with van der Waals surface area (Å²) in [6, 6.07) is 6.45. The van der Waals surface area contributed by atoms with Crippen LogP contribution in [0.1, 0.15) is 33.6 Å². The molecule has 0 unspecified atom stereocenters. The predicted octanol–water partition coefficient (Wildman–Crippen LogP) is 3.00. The SMILES string of the molecule is CCN(CC)CCC[C@H](C)Nc1ccccn1. The number of hydrogen-bond donors (Lipinski definition) is 1. The highest BCUT2D eigenvalue weighted by atomic mass is 15.1. The minimum absolute atomic E-state index is 0.487. The van der Waals surface area contributed by atoms with Crippen molar-refractivity contribution in [2.75, 3.05) is 25.0 Å². The Labute approximate surface area is 105 Å². The van der Waals surface area contributed by atoms with Crippen LogP contribution in [0.25, 0.3) is 0 Å². The molecule has 3 nitrogen and oxygen atoms in total. The molecule has 1 aromatic rings. The van der Waals surface area contributed by atoms with E-state index in [1.165, 1.54) is 19.4 Å². The van der Waals surface area contributed by atoms with Crippen LogP contribution >= 0.6 is 0 Å². The van der Waals surface area contributed by atoms with E-state index < -0.39 is 0 Å². The van der Waals surface area contributed by atoms with Crippen LogP contribution in [0.4, 0.5) is 5.82 Å². The molecule has 17 heavy (non-hydrogen) atoms. The summed E-state index contributed by atoms with van der Waals surface area (Å²) in [6.07, 6.45) is 4.25. The van der Waals surface area contributed by atoms with E-state index in [-0.39, 0.29) is 0 Å². The molecule has 0 fully saturated rings. The summed E-state index contributed by atoms with van der Waals surface area (Å²) < 4.78 is 0. The zero-order chi connectivity index (χ0) is 12.5. The Hall–Kier alpha value is -1.09. The normalized spacial score (nSPS) is 12.7. The molecule has 0 amide bonds. The number of nitrogens with zero attached hydrogens (tertiary/aromatic N) is 2. The molecule has 1 heterocycles. The van der Waals surface area contributed by atoms with Gasteiger partial charge in [-0.15, -0.1) is 0 Å². The molecule has 1 atom stereocenters. The predicted molar refractivity (Wildman–Crippen MR) is 74.3 cm³/mol. The number of rotatable bonds is 8. The first-order valence-electron chi connectivity index (χ1n) is 6.66. The summed E-state index contributed by atoms with van der Waals surface area (Å²) in [7, 11) is 0. The van der Waals surface area contributed by atoms with Crippen molar-refractivity contribution in [1.29, 1.82) is 0 Å². The molecule has 0 aliphatic carbocycles. The first-order valence-corrected chi connectivity index (χ1v) is 6.66. The number of pyridine rings is 1. The first kappa shape index (κ1) is 14.0. The monoisotopic (exact) mass is 235 g/mol. The zero-order valence-corrected chi connectivity index (χ0v) is 11.3. The Morgan fingerprint density at radius 3 is 2.65 bits per heavy atom. The van der Waals surface area contributed by atoms with Crippen LogP contribution in [0.2, 0.25) is 0 Å². The molecule has 0 spiro atoms. The highest BCUT2D eigenvalue weighted by molar-refractivity contribution is 5.33. The fourth-order valence-electron chi connectivity index (χ4n) is 1.93. The third kappa shape index (κ3) is 5.68.